The lowest BCUT2D eigenvalue weighted by Gasteiger charge is -2.16. The van der Waals surface area contributed by atoms with Gasteiger partial charge in [-0.25, -0.2) is 8.78 Å². The molecule has 0 saturated carbocycles. The molecule has 5 nitrogen and oxygen atoms in total. The first-order chi connectivity index (χ1) is 13.8. The highest BCUT2D eigenvalue weighted by Gasteiger charge is 2.26. The van der Waals surface area contributed by atoms with Crippen molar-refractivity contribution < 1.29 is 23.1 Å². The van der Waals surface area contributed by atoms with E-state index in [0.29, 0.717) is 22.9 Å². The van der Waals surface area contributed by atoms with E-state index >= 15 is 0 Å². The van der Waals surface area contributed by atoms with Crippen molar-refractivity contribution in [2.24, 2.45) is 0 Å². The van der Waals surface area contributed by atoms with Crippen molar-refractivity contribution in [2.75, 3.05) is 17.3 Å². The van der Waals surface area contributed by atoms with Gasteiger partial charge >= 0.3 is 0 Å². The second-order valence-corrected chi connectivity index (χ2v) is 6.73. The number of anilines is 2. The van der Waals surface area contributed by atoms with Crippen molar-refractivity contribution in [2.45, 2.75) is 6.92 Å². The van der Waals surface area contributed by atoms with Gasteiger partial charge in [0.05, 0.1) is 11.3 Å². The van der Waals surface area contributed by atoms with E-state index in [1.165, 1.54) is 17.0 Å². The number of rotatable bonds is 2. The van der Waals surface area contributed by atoms with Gasteiger partial charge < -0.3 is 15.0 Å². The molecule has 1 heterocycles. The molecule has 1 aliphatic rings. The first-order valence-electron chi connectivity index (χ1n) is 8.80. The maximum absolute atomic E-state index is 13.4. The second kappa shape index (κ2) is 7.01. The summed E-state index contributed by atoms with van der Waals surface area (Å²) in [4.78, 5) is 26.8. The van der Waals surface area contributed by atoms with Crippen LogP contribution in [-0.2, 0) is 0 Å². The van der Waals surface area contributed by atoms with Crippen LogP contribution in [0.2, 0.25) is 0 Å². The highest BCUT2D eigenvalue weighted by molar-refractivity contribution is 6.11. The van der Waals surface area contributed by atoms with Crippen LogP contribution in [0.3, 0.4) is 0 Å². The molecule has 0 saturated heterocycles. The van der Waals surface area contributed by atoms with Crippen LogP contribution in [0.4, 0.5) is 20.2 Å². The second-order valence-electron chi connectivity index (χ2n) is 6.73. The third-order valence-corrected chi connectivity index (χ3v) is 4.65. The van der Waals surface area contributed by atoms with Crippen molar-refractivity contribution in [3.8, 4) is 11.5 Å². The van der Waals surface area contributed by atoms with E-state index in [1.807, 2.05) is 19.1 Å². The SMILES string of the molecule is Cc1ccc2c(c1)N(C)C(=O)c1cc(NC(=O)c3ccc(F)c(F)c3)ccc1O2. The standard InChI is InChI=1S/C22H16F2N2O3/c1-12-3-7-20-18(9-12)26(2)22(28)15-11-14(5-8-19(15)29-20)25-21(27)13-4-6-16(23)17(24)10-13/h3-11H,1-2H3,(H,25,27). The molecule has 146 valence electrons. The number of hydrogen-bond donors (Lipinski definition) is 1. The van der Waals surface area contributed by atoms with Crippen LogP contribution >= 0.6 is 0 Å². The summed E-state index contributed by atoms with van der Waals surface area (Å²) in [6, 6.07) is 13.1. The highest BCUT2D eigenvalue weighted by atomic mass is 19.2. The Balaban J connectivity index is 1.65. The number of ether oxygens (including phenoxy) is 1. The lowest BCUT2D eigenvalue weighted by atomic mass is 10.1. The lowest BCUT2D eigenvalue weighted by molar-refractivity contribution is 0.0990. The molecule has 3 aromatic rings. The summed E-state index contributed by atoms with van der Waals surface area (Å²) in [5.41, 5.74) is 2.17. The molecule has 4 rings (SSSR count). The minimum atomic E-state index is -1.11. The monoisotopic (exact) mass is 394 g/mol. The summed E-state index contributed by atoms with van der Waals surface area (Å²) >= 11 is 0. The van der Waals surface area contributed by atoms with Gasteiger partial charge in [-0.05, 0) is 61.0 Å². The molecule has 0 atom stereocenters. The van der Waals surface area contributed by atoms with E-state index in [2.05, 4.69) is 5.32 Å². The zero-order valence-corrected chi connectivity index (χ0v) is 15.6. The fourth-order valence-electron chi connectivity index (χ4n) is 3.09. The summed E-state index contributed by atoms with van der Waals surface area (Å²) in [6.07, 6.45) is 0. The van der Waals surface area contributed by atoms with E-state index in [-0.39, 0.29) is 17.0 Å². The molecule has 0 fully saturated rings. The Morgan fingerprint density at radius 2 is 1.72 bits per heavy atom. The summed E-state index contributed by atoms with van der Waals surface area (Å²) in [5, 5.41) is 2.59. The number of nitrogens with one attached hydrogen (secondary N) is 1. The average Bonchev–Trinajstić information content (AvgIpc) is 2.80. The Hall–Kier alpha value is -3.74. The zero-order valence-electron chi connectivity index (χ0n) is 15.6. The number of hydrogen-bond acceptors (Lipinski definition) is 3. The molecule has 0 unspecified atom stereocenters. The van der Waals surface area contributed by atoms with Crippen LogP contribution in [0.5, 0.6) is 11.5 Å². The van der Waals surface area contributed by atoms with Crippen molar-refractivity contribution in [1.29, 1.82) is 0 Å². The zero-order chi connectivity index (χ0) is 20.7. The lowest BCUT2D eigenvalue weighted by Crippen LogP contribution is -2.25. The minimum absolute atomic E-state index is 0.0404. The van der Waals surface area contributed by atoms with Crippen LogP contribution in [0.1, 0.15) is 26.3 Å². The summed E-state index contributed by atoms with van der Waals surface area (Å²) in [6.45, 7) is 1.92. The number of nitrogens with zero attached hydrogens (tertiary/aromatic N) is 1. The van der Waals surface area contributed by atoms with Gasteiger partial charge in [-0.1, -0.05) is 6.07 Å². The average molecular weight is 394 g/mol. The molecule has 7 heteroatoms. The highest BCUT2D eigenvalue weighted by Crippen LogP contribution is 2.39. The van der Waals surface area contributed by atoms with Crippen LogP contribution in [0.25, 0.3) is 0 Å². The van der Waals surface area contributed by atoms with E-state index in [4.69, 9.17) is 4.74 Å². The Bertz CT molecular complexity index is 1160. The van der Waals surface area contributed by atoms with Gasteiger partial charge in [-0.2, -0.15) is 0 Å². The molecule has 1 N–H and O–H groups in total. The molecular formula is C22H16F2N2O3. The summed E-state index contributed by atoms with van der Waals surface area (Å²) in [7, 11) is 1.64. The molecule has 0 bridgehead atoms. The van der Waals surface area contributed by atoms with Gasteiger partial charge in [-0.3, -0.25) is 9.59 Å². The predicted molar refractivity (Wildman–Crippen MR) is 105 cm³/mol. The normalized spacial score (nSPS) is 12.6. The number of carbonyl (C=O) groups is 2. The molecule has 2 amide bonds. The van der Waals surface area contributed by atoms with E-state index in [1.54, 1.807) is 25.2 Å². The van der Waals surface area contributed by atoms with Crippen LogP contribution in [0.15, 0.2) is 54.6 Å². The van der Waals surface area contributed by atoms with Crippen LogP contribution in [0, 0.1) is 18.6 Å². The Labute approximate surface area is 165 Å². The quantitative estimate of drug-likeness (QED) is 0.672. The third kappa shape index (κ3) is 3.42. The number of fused-ring (bicyclic) bond motifs is 2. The molecule has 0 radical (unpaired) electrons. The Kier molecular flexibility index (Phi) is 4.50. The van der Waals surface area contributed by atoms with Gasteiger partial charge in [0.25, 0.3) is 11.8 Å². The maximum Gasteiger partial charge on any atom is 0.261 e. The maximum atomic E-state index is 13.4. The van der Waals surface area contributed by atoms with E-state index in [9.17, 15) is 18.4 Å². The van der Waals surface area contributed by atoms with Crippen molar-refractivity contribution >= 4 is 23.2 Å². The van der Waals surface area contributed by atoms with Crippen LogP contribution in [-0.4, -0.2) is 18.9 Å². The molecule has 1 aliphatic heterocycles. The fourth-order valence-corrected chi connectivity index (χ4v) is 3.09. The van der Waals surface area contributed by atoms with Crippen LogP contribution < -0.4 is 15.0 Å². The molecular weight excluding hydrogens is 378 g/mol. The number of benzene rings is 3. The van der Waals surface area contributed by atoms with Gasteiger partial charge in [-0.15, -0.1) is 0 Å². The molecule has 0 spiro atoms. The number of amides is 2. The largest absolute Gasteiger partial charge is 0.454 e. The molecule has 0 aromatic heterocycles. The van der Waals surface area contributed by atoms with Gasteiger partial charge in [0.2, 0.25) is 0 Å². The number of halogens is 2. The topological polar surface area (TPSA) is 58.6 Å². The van der Waals surface area contributed by atoms with Gasteiger partial charge in [0.1, 0.15) is 5.75 Å². The fraction of sp³-hybridized carbons (Fsp3) is 0.0909. The van der Waals surface area contributed by atoms with Gasteiger partial charge in [0, 0.05) is 18.3 Å². The van der Waals surface area contributed by atoms with Crippen molar-refractivity contribution in [3.63, 3.8) is 0 Å². The first kappa shape index (κ1) is 18.6. The van der Waals surface area contributed by atoms with Crippen molar-refractivity contribution in [3.05, 3.63) is 82.9 Å². The molecule has 0 aliphatic carbocycles. The molecule has 29 heavy (non-hydrogen) atoms. The van der Waals surface area contributed by atoms with Gasteiger partial charge in [0.15, 0.2) is 17.4 Å². The minimum Gasteiger partial charge on any atom is -0.454 e. The third-order valence-electron chi connectivity index (χ3n) is 4.65. The van der Waals surface area contributed by atoms with E-state index in [0.717, 1.165) is 17.7 Å². The summed E-state index contributed by atoms with van der Waals surface area (Å²) < 4.78 is 32.4. The molecule has 3 aromatic carbocycles. The predicted octanol–water partition coefficient (Wildman–Crippen LogP) is 4.91. The Morgan fingerprint density at radius 3 is 2.48 bits per heavy atom. The number of aryl methyl sites for hydroxylation is 1. The van der Waals surface area contributed by atoms with Crippen molar-refractivity contribution in [1.82, 2.24) is 0 Å². The summed E-state index contributed by atoms with van der Waals surface area (Å²) in [5.74, 6) is -2.17. The number of carbonyl (C=O) groups excluding carboxylic acids is 2. The Morgan fingerprint density at radius 1 is 0.966 bits per heavy atom. The first-order valence-corrected chi connectivity index (χ1v) is 8.80. The smallest absolute Gasteiger partial charge is 0.261 e. The van der Waals surface area contributed by atoms with E-state index < -0.39 is 17.5 Å².